The highest BCUT2D eigenvalue weighted by Crippen LogP contribution is 2.24. The van der Waals surface area contributed by atoms with Crippen molar-refractivity contribution in [2.45, 2.75) is 51.0 Å². The van der Waals surface area contributed by atoms with Crippen LogP contribution in [0.5, 0.6) is 0 Å². The largest absolute Gasteiger partial charge is 0.480 e. The van der Waals surface area contributed by atoms with Crippen LogP contribution in [0.2, 0.25) is 0 Å². The van der Waals surface area contributed by atoms with E-state index < -0.39 is 17.4 Å². The van der Waals surface area contributed by atoms with E-state index in [-0.39, 0.29) is 24.5 Å². The molecule has 2 heterocycles. The Labute approximate surface area is 129 Å². The summed E-state index contributed by atoms with van der Waals surface area (Å²) < 4.78 is 10.3. The van der Waals surface area contributed by atoms with E-state index >= 15 is 0 Å². The Hall–Kier alpha value is -1.89. The van der Waals surface area contributed by atoms with Gasteiger partial charge in [0.1, 0.15) is 5.54 Å². The van der Waals surface area contributed by atoms with Gasteiger partial charge in [-0.25, -0.2) is 4.79 Å². The molecule has 1 aromatic heterocycles. The van der Waals surface area contributed by atoms with Crippen LogP contribution in [0.4, 0.5) is 0 Å². The number of carboxylic acid groups (broad SMARTS) is 1. The normalized spacial score (nSPS) is 17.4. The summed E-state index contributed by atoms with van der Waals surface area (Å²) >= 11 is 0. The Morgan fingerprint density at radius 1 is 1.36 bits per heavy atom. The number of aliphatic carboxylic acids is 1. The molecule has 1 aliphatic rings. The average Bonchev–Trinajstić information content (AvgIpc) is 2.99. The molecule has 1 aromatic rings. The topological polar surface area (TPSA) is 102 Å². The number of hydrogen-bond acceptors (Lipinski definition) is 5. The molecule has 1 fully saturated rings. The zero-order valence-corrected chi connectivity index (χ0v) is 12.9. The van der Waals surface area contributed by atoms with Crippen LogP contribution in [0.15, 0.2) is 10.6 Å². The Kier molecular flexibility index (Phi) is 5.18. The molecule has 122 valence electrons. The molecular formula is C15H22N2O5. The lowest BCUT2D eigenvalue weighted by Crippen LogP contribution is -2.57. The van der Waals surface area contributed by atoms with E-state index in [2.05, 4.69) is 10.5 Å². The van der Waals surface area contributed by atoms with Crippen molar-refractivity contribution in [3.8, 4) is 0 Å². The number of nitrogens with zero attached hydrogens (tertiary/aromatic N) is 1. The molecule has 7 heteroatoms. The molecule has 0 radical (unpaired) electrons. The highest BCUT2D eigenvalue weighted by atomic mass is 16.5. The fourth-order valence-corrected chi connectivity index (χ4v) is 2.69. The minimum absolute atomic E-state index is 0.0500. The minimum Gasteiger partial charge on any atom is -0.480 e. The number of nitrogens with one attached hydrogen (secondary N) is 1. The van der Waals surface area contributed by atoms with Gasteiger partial charge in [-0.05, 0) is 12.8 Å². The van der Waals surface area contributed by atoms with Crippen LogP contribution >= 0.6 is 0 Å². The van der Waals surface area contributed by atoms with E-state index in [0.717, 1.165) is 18.5 Å². The second-order valence-corrected chi connectivity index (χ2v) is 5.58. The summed E-state index contributed by atoms with van der Waals surface area (Å²) in [5, 5.41) is 16.0. The van der Waals surface area contributed by atoms with Gasteiger partial charge in [0.15, 0.2) is 0 Å². The molecule has 22 heavy (non-hydrogen) atoms. The maximum atomic E-state index is 12.3. The Morgan fingerprint density at radius 2 is 2.00 bits per heavy atom. The Morgan fingerprint density at radius 3 is 2.55 bits per heavy atom. The van der Waals surface area contributed by atoms with E-state index in [9.17, 15) is 14.7 Å². The summed E-state index contributed by atoms with van der Waals surface area (Å²) in [6.45, 7) is 4.71. The van der Waals surface area contributed by atoms with Crippen LogP contribution in [0.3, 0.4) is 0 Å². The van der Waals surface area contributed by atoms with Gasteiger partial charge in [-0.15, -0.1) is 0 Å². The minimum atomic E-state index is -1.29. The van der Waals surface area contributed by atoms with Crippen LogP contribution in [0, 0.1) is 0 Å². The number of amides is 1. The molecule has 1 amide bonds. The zero-order valence-electron chi connectivity index (χ0n) is 12.9. The molecule has 7 nitrogen and oxygen atoms in total. The summed E-state index contributed by atoms with van der Waals surface area (Å²) in [5.41, 5.74) is -0.566. The SMILES string of the molecule is CCC(CC)c1cc(C(=O)NC2(C(=O)O)CCOCC2)on1. The van der Waals surface area contributed by atoms with Crippen molar-refractivity contribution < 1.29 is 24.0 Å². The van der Waals surface area contributed by atoms with Crippen molar-refractivity contribution in [3.63, 3.8) is 0 Å². The Balaban J connectivity index is 2.12. The molecule has 0 spiro atoms. The molecule has 1 aliphatic heterocycles. The van der Waals surface area contributed by atoms with Crippen molar-refractivity contribution in [3.05, 3.63) is 17.5 Å². The predicted octanol–water partition coefficient (Wildman–Crippen LogP) is 1.94. The lowest BCUT2D eigenvalue weighted by molar-refractivity contribution is -0.148. The van der Waals surface area contributed by atoms with Crippen molar-refractivity contribution in [2.75, 3.05) is 13.2 Å². The first-order valence-electron chi connectivity index (χ1n) is 7.62. The highest BCUT2D eigenvalue weighted by molar-refractivity contribution is 5.95. The molecule has 2 rings (SSSR count). The third-order valence-electron chi connectivity index (χ3n) is 4.26. The van der Waals surface area contributed by atoms with Gasteiger partial charge in [0.05, 0.1) is 5.69 Å². The van der Waals surface area contributed by atoms with Gasteiger partial charge in [-0.1, -0.05) is 19.0 Å². The lowest BCUT2D eigenvalue weighted by atomic mass is 9.90. The van der Waals surface area contributed by atoms with Gasteiger partial charge in [-0.2, -0.15) is 0 Å². The van der Waals surface area contributed by atoms with Crippen molar-refractivity contribution in [1.82, 2.24) is 10.5 Å². The number of carbonyl (C=O) groups excluding carboxylic acids is 1. The monoisotopic (exact) mass is 310 g/mol. The van der Waals surface area contributed by atoms with E-state index in [1.54, 1.807) is 6.07 Å². The number of carboxylic acids is 1. The first kappa shape index (κ1) is 16.5. The maximum absolute atomic E-state index is 12.3. The smallest absolute Gasteiger partial charge is 0.329 e. The number of ether oxygens (including phenoxy) is 1. The van der Waals surface area contributed by atoms with Gasteiger partial charge < -0.3 is 19.7 Å². The third kappa shape index (κ3) is 3.30. The molecule has 0 atom stereocenters. The summed E-state index contributed by atoms with van der Waals surface area (Å²) in [6, 6.07) is 1.60. The first-order valence-corrected chi connectivity index (χ1v) is 7.62. The van der Waals surface area contributed by atoms with Crippen LogP contribution in [-0.2, 0) is 9.53 Å². The van der Waals surface area contributed by atoms with E-state index in [1.165, 1.54) is 0 Å². The van der Waals surface area contributed by atoms with Gasteiger partial charge >= 0.3 is 5.97 Å². The summed E-state index contributed by atoms with van der Waals surface area (Å²) in [6.07, 6.45) is 2.28. The molecule has 0 saturated carbocycles. The predicted molar refractivity (Wildman–Crippen MR) is 77.7 cm³/mol. The van der Waals surface area contributed by atoms with Crippen LogP contribution < -0.4 is 5.32 Å². The summed E-state index contributed by atoms with van der Waals surface area (Å²) in [5.74, 6) is -1.31. The number of carbonyl (C=O) groups is 2. The maximum Gasteiger partial charge on any atom is 0.329 e. The number of aromatic nitrogens is 1. The fourth-order valence-electron chi connectivity index (χ4n) is 2.69. The quantitative estimate of drug-likeness (QED) is 0.832. The van der Waals surface area contributed by atoms with E-state index in [4.69, 9.17) is 9.26 Å². The molecule has 2 N–H and O–H groups in total. The Bertz CT molecular complexity index is 530. The molecule has 0 unspecified atom stereocenters. The molecular weight excluding hydrogens is 288 g/mol. The standard InChI is InChI=1S/C15H22N2O5/c1-3-10(4-2)11-9-12(22-17-11)13(18)16-15(14(19)20)5-7-21-8-6-15/h9-10H,3-8H2,1-2H3,(H,16,18)(H,19,20). The lowest BCUT2D eigenvalue weighted by Gasteiger charge is -2.33. The first-order chi connectivity index (χ1) is 10.5. The average molecular weight is 310 g/mol. The van der Waals surface area contributed by atoms with Crippen molar-refractivity contribution >= 4 is 11.9 Å². The van der Waals surface area contributed by atoms with Gasteiger partial charge in [0.25, 0.3) is 5.91 Å². The third-order valence-corrected chi connectivity index (χ3v) is 4.26. The second-order valence-electron chi connectivity index (χ2n) is 5.58. The summed E-state index contributed by atoms with van der Waals surface area (Å²) in [4.78, 5) is 23.8. The van der Waals surface area contributed by atoms with Gasteiger partial charge in [0, 0.05) is 38.0 Å². The molecule has 0 aliphatic carbocycles. The fraction of sp³-hybridized carbons (Fsp3) is 0.667. The van der Waals surface area contributed by atoms with Gasteiger partial charge in [-0.3, -0.25) is 4.79 Å². The van der Waals surface area contributed by atoms with Crippen LogP contribution in [0.25, 0.3) is 0 Å². The molecule has 1 saturated heterocycles. The van der Waals surface area contributed by atoms with Gasteiger partial charge in [0.2, 0.25) is 5.76 Å². The second kappa shape index (κ2) is 6.91. The van der Waals surface area contributed by atoms with E-state index in [0.29, 0.717) is 13.2 Å². The molecule has 0 aromatic carbocycles. The van der Waals surface area contributed by atoms with Crippen molar-refractivity contribution in [2.24, 2.45) is 0 Å². The van der Waals surface area contributed by atoms with Crippen LogP contribution in [-0.4, -0.2) is 40.9 Å². The van der Waals surface area contributed by atoms with E-state index in [1.807, 2.05) is 13.8 Å². The molecule has 0 bridgehead atoms. The zero-order chi connectivity index (χ0) is 16.2. The number of hydrogen-bond donors (Lipinski definition) is 2. The summed E-state index contributed by atoms with van der Waals surface area (Å²) in [7, 11) is 0. The number of rotatable bonds is 6. The van der Waals surface area contributed by atoms with Crippen molar-refractivity contribution in [1.29, 1.82) is 0 Å². The highest BCUT2D eigenvalue weighted by Gasteiger charge is 2.42. The van der Waals surface area contributed by atoms with Crippen LogP contribution in [0.1, 0.15) is 61.7 Å².